The Hall–Kier alpha value is -2.41. The van der Waals surface area contributed by atoms with E-state index in [0.29, 0.717) is 25.6 Å². The number of carbonyl (C=O) groups excluding carboxylic acids is 1. The second kappa shape index (κ2) is 8.11. The van der Waals surface area contributed by atoms with Gasteiger partial charge in [-0.2, -0.15) is 0 Å². The number of benzene rings is 1. The summed E-state index contributed by atoms with van der Waals surface area (Å²) in [6, 6.07) is 5.42. The molecule has 2 aromatic rings. The number of likely N-dealkylation sites (tertiary alicyclic amines) is 1. The van der Waals surface area contributed by atoms with Crippen LogP contribution in [0.2, 0.25) is 0 Å². The number of hydrogen-bond donors (Lipinski definition) is 1. The first-order valence-corrected chi connectivity index (χ1v) is 8.73. The monoisotopic (exact) mass is 344 g/mol. The summed E-state index contributed by atoms with van der Waals surface area (Å²) in [6.07, 6.45) is 4.57. The molecule has 0 spiro atoms. The first-order chi connectivity index (χ1) is 12.2. The number of ether oxygens (including phenoxy) is 2. The Labute approximate surface area is 147 Å². The van der Waals surface area contributed by atoms with Crippen molar-refractivity contribution in [3.63, 3.8) is 0 Å². The van der Waals surface area contributed by atoms with E-state index < -0.39 is 0 Å². The van der Waals surface area contributed by atoms with Crippen molar-refractivity contribution in [2.45, 2.75) is 32.2 Å². The second-order valence-corrected chi connectivity index (χ2v) is 6.09. The molecule has 1 aliphatic rings. The van der Waals surface area contributed by atoms with Crippen LogP contribution < -0.4 is 15.2 Å². The van der Waals surface area contributed by atoms with Gasteiger partial charge in [0.25, 0.3) is 0 Å². The lowest BCUT2D eigenvalue weighted by atomic mass is 10.0. The fourth-order valence-corrected chi connectivity index (χ4v) is 3.15. The van der Waals surface area contributed by atoms with Crippen molar-refractivity contribution in [2.24, 2.45) is 5.73 Å². The number of aromatic nitrogens is 2. The minimum absolute atomic E-state index is 0.186. The molecule has 0 bridgehead atoms. The molecule has 2 heterocycles. The number of rotatable bonds is 7. The van der Waals surface area contributed by atoms with Gasteiger partial charge in [0.2, 0.25) is 11.8 Å². The lowest BCUT2D eigenvalue weighted by Crippen LogP contribution is -2.48. The molecule has 1 fully saturated rings. The van der Waals surface area contributed by atoms with Gasteiger partial charge in [0, 0.05) is 12.6 Å². The van der Waals surface area contributed by atoms with Crippen molar-refractivity contribution in [3.8, 4) is 11.6 Å². The van der Waals surface area contributed by atoms with Crippen LogP contribution in [0.1, 0.15) is 26.2 Å². The van der Waals surface area contributed by atoms with E-state index in [2.05, 4.69) is 14.9 Å². The Bertz CT molecular complexity index is 737. The summed E-state index contributed by atoms with van der Waals surface area (Å²) in [5, 5.41) is 0. The van der Waals surface area contributed by atoms with Gasteiger partial charge in [-0.15, -0.1) is 0 Å². The highest BCUT2D eigenvalue weighted by Gasteiger charge is 2.26. The second-order valence-electron chi connectivity index (χ2n) is 6.09. The fourth-order valence-electron chi connectivity index (χ4n) is 3.15. The lowest BCUT2D eigenvalue weighted by molar-refractivity contribution is -0.124. The minimum atomic E-state index is -0.256. The van der Waals surface area contributed by atoms with E-state index >= 15 is 0 Å². The molecule has 25 heavy (non-hydrogen) atoms. The molecule has 1 amide bonds. The molecule has 1 aliphatic heterocycles. The molecule has 7 heteroatoms. The van der Waals surface area contributed by atoms with Crippen LogP contribution in [0.4, 0.5) is 0 Å². The summed E-state index contributed by atoms with van der Waals surface area (Å²) in [4.78, 5) is 22.5. The van der Waals surface area contributed by atoms with Crippen LogP contribution in [-0.2, 0) is 4.79 Å². The number of hydrogen-bond acceptors (Lipinski definition) is 6. The minimum Gasteiger partial charge on any atom is -0.494 e. The van der Waals surface area contributed by atoms with E-state index in [1.54, 1.807) is 6.20 Å². The van der Waals surface area contributed by atoms with Gasteiger partial charge in [0.05, 0.1) is 29.9 Å². The Morgan fingerprint density at radius 1 is 1.32 bits per heavy atom. The van der Waals surface area contributed by atoms with Crippen LogP contribution in [0.3, 0.4) is 0 Å². The van der Waals surface area contributed by atoms with E-state index in [4.69, 9.17) is 15.2 Å². The number of nitrogens with two attached hydrogens (primary N) is 1. The third-order valence-corrected chi connectivity index (χ3v) is 4.37. The fraction of sp³-hybridized carbons (Fsp3) is 0.500. The summed E-state index contributed by atoms with van der Waals surface area (Å²) < 4.78 is 11.2. The van der Waals surface area contributed by atoms with Gasteiger partial charge < -0.3 is 15.2 Å². The molecule has 0 radical (unpaired) electrons. The Morgan fingerprint density at radius 2 is 2.20 bits per heavy atom. The lowest BCUT2D eigenvalue weighted by Gasteiger charge is -2.33. The highest BCUT2D eigenvalue weighted by atomic mass is 16.5. The number of carbonyl (C=O) groups is 1. The molecule has 1 aromatic heterocycles. The van der Waals surface area contributed by atoms with Crippen molar-refractivity contribution in [1.82, 2.24) is 14.9 Å². The predicted molar refractivity (Wildman–Crippen MR) is 94.6 cm³/mol. The van der Waals surface area contributed by atoms with Gasteiger partial charge in [-0.1, -0.05) is 6.42 Å². The smallest absolute Gasteiger partial charge is 0.234 e. The van der Waals surface area contributed by atoms with Crippen molar-refractivity contribution in [2.75, 3.05) is 26.3 Å². The van der Waals surface area contributed by atoms with Crippen LogP contribution >= 0.6 is 0 Å². The maximum absolute atomic E-state index is 11.5. The highest BCUT2D eigenvalue weighted by Crippen LogP contribution is 2.20. The van der Waals surface area contributed by atoms with Gasteiger partial charge >= 0.3 is 0 Å². The number of nitrogens with zero attached hydrogens (tertiary/aromatic N) is 3. The Morgan fingerprint density at radius 3 is 3.00 bits per heavy atom. The summed E-state index contributed by atoms with van der Waals surface area (Å²) in [7, 11) is 0. The first kappa shape index (κ1) is 17.4. The van der Waals surface area contributed by atoms with Crippen LogP contribution in [0.15, 0.2) is 24.4 Å². The average Bonchev–Trinajstić information content (AvgIpc) is 2.62. The van der Waals surface area contributed by atoms with Crippen LogP contribution in [0.25, 0.3) is 11.0 Å². The molecule has 2 N–H and O–H groups in total. The van der Waals surface area contributed by atoms with E-state index in [1.807, 2.05) is 25.1 Å². The summed E-state index contributed by atoms with van der Waals surface area (Å²) in [5.74, 6) is 0.974. The Balaban J connectivity index is 1.61. The van der Waals surface area contributed by atoms with Crippen molar-refractivity contribution >= 4 is 16.9 Å². The van der Waals surface area contributed by atoms with Crippen molar-refractivity contribution in [1.29, 1.82) is 0 Å². The van der Waals surface area contributed by atoms with Crippen LogP contribution in [0.5, 0.6) is 11.6 Å². The van der Waals surface area contributed by atoms with E-state index in [9.17, 15) is 4.79 Å². The normalized spacial score (nSPS) is 18.2. The zero-order chi connectivity index (χ0) is 17.6. The zero-order valence-electron chi connectivity index (χ0n) is 14.5. The van der Waals surface area contributed by atoms with E-state index in [1.165, 1.54) is 0 Å². The number of amides is 1. The number of primary amides is 1. The SMILES string of the molecule is CCOc1ccc2ncc(OCCN3CCCCC3C(N)=O)nc2c1. The van der Waals surface area contributed by atoms with Gasteiger partial charge in [0.1, 0.15) is 12.4 Å². The van der Waals surface area contributed by atoms with Gasteiger partial charge in [-0.05, 0) is 38.4 Å². The summed E-state index contributed by atoms with van der Waals surface area (Å²) >= 11 is 0. The third-order valence-electron chi connectivity index (χ3n) is 4.37. The standard InChI is InChI=1S/C18H24N4O3/c1-2-24-13-6-7-14-15(11-13)21-17(12-20-14)25-10-9-22-8-4-3-5-16(22)18(19)23/h6-7,11-12,16H,2-5,8-10H2,1H3,(H2,19,23). The quantitative estimate of drug-likeness (QED) is 0.823. The van der Waals surface area contributed by atoms with Gasteiger partial charge in [0.15, 0.2) is 0 Å². The third kappa shape index (κ3) is 4.36. The maximum atomic E-state index is 11.5. The summed E-state index contributed by atoms with van der Waals surface area (Å²) in [5.41, 5.74) is 7.01. The molecular weight excluding hydrogens is 320 g/mol. The molecular formula is C18H24N4O3. The predicted octanol–water partition coefficient (Wildman–Crippen LogP) is 1.75. The molecule has 134 valence electrons. The first-order valence-electron chi connectivity index (χ1n) is 8.73. The van der Waals surface area contributed by atoms with Crippen molar-refractivity contribution in [3.05, 3.63) is 24.4 Å². The number of piperidine rings is 1. The van der Waals surface area contributed by atoms with E-state index in [0.717, 1.165) is 42.6 Å². The van der Waals surface area contributed by atoms with Gasteiger partial charge in [-0.25, -0.2) is 9.97 Å². The van der Waals surface area contributed by atoms with E-state index in [-0.39, 0.29) is 11.9 Å². The maximum Gasteiger partial charge on any atom is 0.234 e. The average molecular weight is 344 g/mol. The van der Waals surface area contributed by atoms with Gasteiger partial charge in [-0.3, -0.25) is 9.69 Å². The van der Waals surface area contributed by atoms with Crippen molar-refractivity contribution < 1.29 is 14.3 Å². The molecule has 7 nitrogen and oxygen atoms in total. The zero-order valence-corrected chi connectivity index (χ0v) is 14.5. The molecule has 3 rings (SSSR count). The molecule has 0 saturated carbocycles. The number of fused-ring (bicyclic) bond motifs is 1. The van der Waals surface area contributed by atoms with Crippen LogP contribution in [-0.4, -0.2) is 53.1 Å². The highest BCUT2D eigenvalue weighted by molar-refractivity contribution is 5.80. The summed E-state index contributed by atoms with van der Waals surface area (Å²) in [6.45, 7) is 4.50. The molecule has 1 atom stereocenters. The largest absolute Gasteiger partial charge is 0.494 e. The van der Waals surface area contributed by atoms with Crippen LogP contribution in [0, 0.1) is 0 Å². The molecule has 1 unspecified atom stereocenters. The Kier molecular flexibility index (Phi) is 5.65. The molecule has 1 saturated heterocycles. The molecule has 0 aliphatic carbocycles. The molecule has 1 aromatic carbocycles. The topological polar surface area (TPSA) is 90.6 Å².